The summed E-state index contributed by atoms with van der Waals surface area (Å²) in [6, 6.07) is 6.06. The third-order valence-electron chi connectivity index (χ3n) is 3.51. The molecule has 0 N–H and O–H groups in total. The van der Waals surface area contributed by atoms with Crippen molar-refractivity contribution in [3.8, 4) is 0 Å². The van der Waals surface area contributed by atoms with Gasteiger partial charge in [0.15, 0.2) is 6.29 Å². The number of aldehydes is 1. The lowest BCUT2D eigenvalue weighted by molar-refractivity contribution is 0.112. The second-order valence-electron chi connectivity index (χ2n) is 4.66. The maximum atomic E-state index is 10.8. The van der Waals surface area contributed by atoms with Crippen LogP contribution in [0.4, 0.5) is 0 Å². The van der Waals surface area contributed by atoms with Gasteiger partial charge >= 0.3 is 0 Å². The molecule has 2 heterocycles. The third kappa shape index (κ3) is 1.92. The van der Waals surface area contributed by atoms with E-state index in [1.54, 1.807) is 6.20 Å². The first kappa shape index (κ1) is 11.1. The minimum atomic E-state index is 0.280. The second kappa shape index (κ2) is 4.69. The molecule has 90 valence electrons. The Hall–Kier alpha value is -2.03. The van der Waals surface area contributed by atoms with Crippen molar-refractivity contribution in [3.05, 3.63) is 59.2 Å². The van der Waals surface area contributed by atoms with Crippen molar-refractivity contribution in [2.75, 3.05) is 0 Å². The Morgan fingerprint density at radius 3 is 3.17 bits per heavy atom. The van der Waals surface area contributed by atoms with Crippen LogP contribution in [0, 0.1) is 0 Å². The standard InChI is InChI=1S/C15H14N2O/c18-10-11-7-13(9-16-8-11)14-5-1-3-12-4-2-6-17-15(12)14/h2,4,6-10,14H,1,3,5H2. The maximum absolute atomic E-state index is 10.8. The predicted molar refractivity (Wildman–Crippen MR) is 68.6 cm³/mol. The highest BCUT2D eigenvalue weighted by molar-refractivity contribution is 5.74. The van der Waals surface area contributed by atoms with Crippen LogP contribution in [-0.4, -0.2) is 16.3 Å². The Labute approximate surface area is 106 Å². The third-order valence-corrected chi connectivity index (χ3v) is 3.51. The van der Waals surface area contributed by atoms with Gasteiger partial charge in [0.1, 0.15) is 0 Å². The van der Waals surface area contributed by atoms with Crippen molar-refractivity contribution in [3.63, 3.8) is 0 Å². The molecule has 1 aliphatic rings. The Bertz CT molecular complexity index is 580. The first-order valence-corrected chi connectivity index (χ1v) is 6.22. The molecule has 0 bridgehead atoms. The van der Waals surface area contributed by atoms with E-state index in [1.165, 1.54) is 5.56 Å². The predicted octanol–water partition coefficient (Wildman–Crippen LogP) is 2.76. The zero-order chi connectivity index (χ0) is 12.4. The number of carbonyl (C=O) groups is 1. The van der Waals surface area contributed by atoms with E-state index in [2.05, 4.69) is 16.0 Å². The number of hydrogen-bond donors (Lipinski definition) is 0. The van der Waals surface area contributed by atoms with Gasteiger partial charge < -0.3 is 0 Å². The van der Waals surface area contributed by atoms with E-state index in [1.807, 2.05) is 24.5 Å². The summed E-state index contributed by atoms with van der Waals surface area (Å²) in [6.45, 7) is 0. The second-order valence-corrected chi connectivity index (χ2v) is 4.66. The van der Waals surface area contributed by atoms with Crippen LogP contribution >= 0.6 is 0 Å². The van der Waals surface area contributed by atoms with Crippen LogP contribution in [0.25, 0.3) is 0 Å². The van der Waals surface area contributed by atoms with Gasteiger partial charge in [-0.15, -0.1) is 0 Å². The molecule has 1 atom stereocenters. The molecule has 18 heavy (non-hydrogen) atoms. The minimum Gasteiger partial charge on any atom is -0.298 e. The monoisotopic (exact) mass is 238 g/mol. The highest BCUT2D eigenvalue weighted by Crippen LogP contribution is 2.34. The smallest absolute Gasteiger partial charge is 0.151 e. The molecule has 2 aromatic rings. The Balaban J connectivity index is 2.05. The van der Waals surface area contributed by atoms with Gasteiger partial charge in [0.2, 0.25) is 0 Å². The van der Waals surface area contributed by atoms with Crippen LogP contribution < -0.4 is 0 Å². The van der Waals surface area contributed by atoms with Crippen molar-refractivity contribution < 1.29 is 4.79 Å². The van der Waals surface area contributed by atoms with Crippen LogP contribution in [-0.2, 0) is 6.42 Å². The van der Waals surface area contributed by atoms with Crippen LogP contribution in [0.5, 0.6) is 0 Å². The van der Waals surface area contributed by atoms with Gasteiger partial charge in [-0.25, -0.2) is 0 Å². The number of pyridine rings is 2. The number of hydrogen-bond acceptors (Lipinski definition) is 3. The largest absolute Gasteiger partial charge is 0.298 e. The van der Waals surface area contributed by atoms with E-state index in [0.717, 1.165) is 36.8 Å². The first-order valence-electron chi connectivity index (χ1n) is 6.22. The van der Waals surface area contributed by atoms with Crippen molar-refractivity contribution in [2.45, 2.75) is 25.2 Å². The maximum Gasteiger partial charge on any atom is 0.151 e. The van der Waals surface area contributed by atoms with E-state index in [0.29, 0.717) is 5.56 Å². The highest BCUT2D eigenvalue weighted by atomic mass is 16.1. The van der Waals surface area contributed by atoms with Crippen molar-refractivity contribution in [1.82, 2.24) is 9.97 Å². The van der Waals surface area contributed by atoms with Gasteiger partial charge in [-0.1, -0.05) is 6.07 Å². The van der Waals surface area contributed by atoms with Crippen LogP contribution in [0.15, 0.2) is 36.8 Å². The molecule has 1 unspecified atom stereocenters. The first-order chi connectivity index (χ1) is 8.88. The van der Waals surface area contributed by atoms with Crippen molar-refractivity contribution >= 4 is 6.29 Å². The molecule has 3 rings (SSSR count). The van der Waals surface area contributed by atoms with Gasteiger partial charge in [-0.05, 0) is 42.5 Å². The summed E-state index contributed by atoms with van der Waals surface area (Å²) in [4.78, 5) is 19.5. The molecule has 0 fully saturated rings. The van der Waals surface area contributed by atoms with E-state index in [-0.39, 0.29) is 5.92 Å². The molecule has 0 saturated heterocycles. The zero-order valence-electron chi connectivity index (χ0n) is 10.0. The van der Waals surface area contributed by atoms with Gasteiger partial charge in [0, 0.05) is 30.1 Å². The fourth-order valence-corrected chi connectivity index (χ4v) is 2.67. The molecular weight excluding hydrogens is 224 g/mol. The van der Waals surface area contributed by atoms with Crippen molar-refractivity contribution in [2.24, 2.45) is 0 Å². The zero-order valence-corrected chi connectivity index (χ0v) is 10.0. The van der Waals surface area contributed by atoms with E-state index >= 15 is 0 Å². The Morgan fingerprint density at radius 1 is 1.33 bits per heavy atom. The molecule has 1 aliphatic carbocycles. The van der Waals surface area contributed by atoms with Gasteiger partial charge in [0.05, 0.1) is 5.69 Å². The fourth-order valence-electron chi connectivity index (χ4n) is 2.67. The number of carbonyl (C=O) groups excluding carboxylic acids is 1. The lowest BCUT2D eigenvalue weighted by Crippen LogP contribution is -2.13. The number of rotatable bonds is 2. The summed E-state index contributed by atoms with van der Waals surface area (Å²) in [7, 11) is 0. The molecular formula is C15H14N2O. The molecule has 0 aliphatic heterocycles. The highest BCUT2D eigenvalue weighted by Gasteiger charge is 2.23. The SMILES string of the molecule is O=Cc1cncc(C2CCCc3cccnc32)c1. The minimum absolute atomic E-state index is 0.280. The fraction of sp³-hybridized carbons (Fsp3) is 0.267. The topological polar surface area (TPSA) is 42.9 Å². The van der Waals surface area contributed by atoms with Gasteiger partial charge in [-0.3, -0.25) is 14.8 Å². The molecule has 0 spiro atoms. The molecule has 3 nitrogen and oxygen atoms in total. The molecule has 0 saturated carbocycles. The molecule has 0 amide bonds. The quantitative estimate of drug-likeness (QED) is 0.755. The average Bonchev–Trinajstić information content (AvgIpc) is 2.47. The van der Waals surface area contributed by atoms with Crippen LogP contribution in [0.3, 0.4) is 0 Å². The van der Waals surface area contributed by atoms with Crippen LogP contribution in [0.1, 0.15) is 45.9 Å². The van der Waals surface area contributed by atoms with E-state index < -0.39 is 0 Å². The number of nitrogens with zero attached hydrogens (tertiary/aromatic N) is 2. The van der Waals surface area contributed by atoms with E-state index in [9.17, 15) is 4.79 Å². The molecule has 0 radical (unpaired) electrons. The van der Waals surface area contributed by atoms with Crippen LogP contribution in [0.2, 0.25) is 0 Å². The summed E-state index contributed by atoms with van der Waals surface area (Å²) >= 11 is 0. The van der Waals surface area contributed by atoms with Gasteiger partial charge in [0.25, 0.3) is 0 Å². The Kier molecular flexibility index (Phi) is 2.89. The lowest BCUT2D eigenvalue weighted by atomic mass is 9.82. The summed E-state index contributed by atoms with van der Waals surface area (Å²) in [5, 5.41) is 0. The summed E-state index contributed by atoms with van der Waals surface area (Å²) in [5.74, 6) is 0.280. The normalized spacial score (nSPS) is 18.1. The van der Waals surface area contributed by atoms with Gasteiger partial charge in [-0.2, -0.15) is 0 Å². The van der Waals surface area contributed by atoms with E-state index in [4.69, 9.17) is 0 Å². The average molecular weight is 238 g/mol. The molecule has 2 aromatic heterocycles. The Morgan fingerprint density at radius 2 is 2.28 bits per heavy atom. The lowest BCUT2D eigenvalue weighted by Gasteiger charge is -2.24. The summed E-state index contributed by atoms with van der Waals surface area (Å²) in [5.41, 5.74) is 4.20. The summed E-state index contributed by atoms with van der Waals surface area (Å²) in [6.07, 6.45) is 9.47. The van der Waals surface area contributed by atoms with Crippen molar-refractivity contribution in [1.29, 1.82) is 0 Å². The molecule has 0 aromatic carbocycles. The number of aryl methyl sites for hydroxylation is 1. The summed E-state index contributed by atoms with van der Waals surface area (Å²) < 4.78 is 0. The molecule has 3 heteroatoms. The number of fused-ring (bicyclic) bond motifs is 1. The number of aromatic nitrogens is 2.